The molecule has 3 nitrogen and oxygen atoms in total. The van der Waals surface area contributed by atoms with Crippen LogP contribution in [0.5, 0.6) is 0 Å². The monoisotopic (exact) mass is 344 g/mol. The SMILES string of the molecule is Cc1ccn2nc(-c3ccccc3)c(SC(=O)c3ccccc3)c2c1. The molecular formula is C21H16N2OS. The van der Waals surface area contributed by atoms with Gasteiger partial charge in [-0.2, -0.15) is 5.10 Å². The maximum Gasteiger partial charge on any atom is 0.224 e. The maximum absolute atomic E-state index is 12.8. The Hall–Kier alpha value is -2.85. The number of pyridine rings is 1. The quantitative estimate of drug-likeness (QED) is 0.477. The lowest BCUT2D eigenvalue weighted by molar-refractivity contribution is 0.108. The summed E-state index contributed by atoms with van der Waals surface area (Å²) in [6.45, 7) is 2.04. The largest absolute Gasteiger partial charge is 0.281 e. The lowest BCUT2D eigenvalue weighted by Crippen LogP contribution is -1.93. The molecule has 0 saturated heterocycles. The Kier molecular flexibility index (Phi) is 4.12. The smallest absolute Gasteiger partial charge is 0.224 e. The zero-order chi connectivity index (χ0) is 17.2. The van der Waals surface area contributed by atoms with Crippen LogP contribution < -0.4 is 0 Å². The van der Waals surface area contributed by atoms with E-state index in [1.54, 1.807) is 0 Å². The average molecular weight is 344 g/mol. The molecule has 0 spiro atoms. The summed E-state index contributed by atoms with van der Waals surface area (Å²) in [5.41, 5.74) is 4.63. The number of hydrogen-bond acceptors (Lipinski definition) is 3. The molecular weight excluding hydrogens is 328 g/mol. The van der Waals surface area contributed by atoms with Gasteiger partial charge in [-0.25, -0.2) is 4.52 Å². The van der Waals surface area contributed by atoms with Gasteiger partial charge in [-0.05, 0) is 36.4 Å². The van der Waals surface area contributed by atoms with Crippen molar-refractivity contribution in [1.82, 2.24) is 9.61 Å². The van der Waals surface area contributed by atoms with Gasteiger partial charge in [-0.3, -0.25) is 4.79 Å². The zero-order valence-corrected chi connectivity index (χ0v) is 14.5. The van der Waals surface area contributed by atoms with Crippen molar-refractivity contribution in [2.24, 2.45) is 0 Å². The van der Waals surface area contributed by atoms with Gasteiger partial charge in [0.2, 0.25) is 5.12 Å². The van der Waals surface area contributed by atoms with Crippen molar-refractivity contribution in [2.45, 2.75) is 11.8 Å². The Morgan fingerprint density at radius 3 is 2.36 bits per heavy atom. The summed E-state index contributed by atoms with van der Waals surface area (Å²) >= 11 is 1.24. The second kappa shape index (κ2) is 6.57. The highest BCUT2D eigenvalue weighted by Crippen LogP contribution is 2.36. The Balaban J connectivity index is 1.85. The van der Waals surface area contributed by atoms with Crippen LogP contribution in [0, 0.1) is 6.92 Å². The summed E-state index contributed by atoms with van der Waals surface area (Å²) in [4.78, 5) is 13.6. The third kappa shape index (κ3) is 3.08. The molecule has 25 heavy (non-hydrogen) atoms. The molecule has 0 atom stereocenters. The molecule has 0 bridgehead atoms. The number of aromatic nitrogens is 2. The first-order valence-electron chi connectivity index (χ1n) is 8.04. The first kappa shape index (κ1) is 15.7. The Morgan fingerprint density at radius 1 is 0.960 bits per heavy atom. The highest BCUT2D eigenvalue weighted by atomic mass is 32.2. The minimum atomic E-state index is 0.0224. The third-order valence-electron chi connectivity index (χ3n) is 4.00. The first-order chi connectivity index (χ1) is 12.2. The van der Waals surface area contributed by atoms with E-state index in [1.165, 1.54) is 11.8 Å². The molecule has 0 aliphatic rings. The van der Waals surface area contributed by atoms with E-state index in [2.05, 4.69) is 6.07 Å². The van der Waals surface area contributed by atoms with Crippen molar-refractivity contribution < 1.29 is 4.79 Å². The maximum atomic E-state index is 12.8. The van der Waals surface area contributed by atoms with Crippen LogP contribution in [-0.2, 0) is 0 Å². The van der Waals surface area contributed by atoms with Crippen molar-refractivity contribution >= 4 is 22.4 Å². The predicted molar refractivity (Wildman–Crippen MR) is 102 cm³/mol. The van der Waals surface area contributed by atoms with E-state index in [4.69, 9.17) is 5.10 Å². The van der Waals surface area contributed by atoms with Gasteiger partial charge >= 0.3 is 0 Å². The van der Waals surface area contributed by atoms with Crippen molar-refractivity contribution in [1.29, 1.82) is 0 Å². The van der Waals surface area contributed by atoms with Gasteiger partial charge in [0, 0.05) is 17.3 Å². The summed E-state index contributed by atoms with van der Waals surface area (Å²) in [5.74, 6) is 0. The summed E-state index contributed by atoms with van der Waals surface area (Å²) in [7, 11) is 0. The third-order valence-corrected chi connectivity index (χ3v) is 5.02. The number of fused-ring (bicyclic) bond motifs is 1. The highest BCUT2D eigenvalue weighted by Gasteiger charge is 2.19. The van der Waals surface area contributed by atoms with Crippen LogP contribution in [0.25, 0.3) is 16.8 Å². The number of aryl methyl sites for hydroxylation is 1. The fraction of sp³-hybridized carbons (Fsp3) is 0.0476. The zero-order valence-electron chi connectivity index (χ0n) is 13.7. The number of benzene rings is 2. The molecule has 2 aromatic carbocycles. The molecule has 0 radical (unpaired) electrons. The van der Waals surface area contributed by atoms with Crippen LogP contribution in [0.15, 0.2) is 83.9 Å². The molecule has 0 amide bonds. The number of rotatable bonds is 3. The number of carbonyl (C=O) groups excluding carboxylic acids is 1. The Bertz CT molecular complexity index is 1040. The van der Waals surface area contributed by atoms with Gasteiger partial charge in [-0.1, -0.05) is 60.7 Å². The molecule has 4 heteroatoms. The molecule has 0 N–H and O–H groups in total. The van der Waals surface area contributed by atoms with E-state index in [1.807, 2.05) is 84.4 Å². The van der Waals surface area contributed by atoms with E-state index < -0.39 is 0 Å². The Labute approximate surface area is 150 Å². The molecule has 2 aromatic heterocycles. The van der Waals surface area contributed by atoms with Crippen LogP contribution in [-0.4, -0.2) is 14.7 Å². The lowest BCUT2D eigenvalue weighted by atomic mass is 10.1. The van der Waals surface area contributed by atoms with Crippen molar-refractivity contribution in [2.75, 3.05) is 0 Å². The molecule has 0 aliphatic carbocycles. The average Bonchev–Trinajstić information content (AvgIpc) is 3.01. The van der Waals surface area contributed by atoms with E-state index >= 15 is 0 Å². The molecule has 0 aliphatic heterocycles. The summed E-state index contributed by atoms with van der Waals surface area (Å²) in [6, 6.07) is 23.4. The van der Waals surface area contributed by atoms with Crippen LogP contribution in [0.4, 0.5) is 0 Å². The Morgan fingerprint density at radius 2 is 1.64 bits per heavy atom. The second-order valence-corrected chi connectivity index (χ2v) is 6.82. The molecule has 4 rings (SSSR count). The highest BCUT2D eigenvalue weighted by molar-refractivity contribution is 8.14. The van der Waals surface area contributed by atoms with Crippen LogP contribution >= 0.6 is 11.8 Å². The standard InChI is InChI=1S/C21H16N2OS/c1-15-12-13-23-18(14-15)20(19(22-23)16-8-4-2-5-9-16)25-21(24)17-10-6-3-7-11-17/h2-14H,1H3. The van der Waals surface area contributed by atoms with Crippen molar-refractivity contribution in [3.05, 3.63) is 90.1 Å². The van der Waals surface area contributed by atoms with E-state index in [-0.39, 0.29) is 5.12 Å². The van der Waals surface area contributed by atoms with Gasteiger partial charge in [0.25, 0.3) is 0 Å². The lowest BCUT2D eigenvalue weighted by Gasteiger charge is -2.03. The van der Waals surface area contributed by atoms with Crippen molar-refractivity contribution in [3.63, 3.8) is 0 Å². The fourth-order valence-corrected chi connectivity index (χ4v) is 3.69. The number of thioether (sulfide) groups is 1. The predicted octanol–water partition coefficient (Wildman–Crippen LogP) is 5.24. The summed E-state index contributed by atoms with van der Waals surface area (Å²) in [6.07, 6.45) is 1.94. The fourth-order valence-electron chi connectivity index (χ4n) is 2.74. The van der Waals surface area contributed by atoms with Gasteiger partial charge < -0.3 is 0 Å². The van der Waals surface area contributed by atoms with Crippen LogP contribution in [0.3, 0.4) is 0 Å². The summed E-state index contributed by atoms with van der Waals surface area (Å²) in [5, 5.41) is 4.74. The molecule has 0 saturated carbocycles. The molecule has 2 heterocycles. The molecule has 4 aromatic rings. The first-order valence-corrected chi connectivity index (χ1v) is 8.86. The van der Waals surface area contributed by atoms with E-state index in [0.717, 1.165) is 27.2 Å². The topological polar surface area (TPSA) is 34.4 Å². The van der Waals surface area contributed by atoms with Gasteiger partial charge in [0.15, 0.2) is 0 Å². The van der Waals surface area contributed by atoms with Gasteiger partial charge in [-0.15, -0.1) is 0 Å². The van der Waals surface area contributed by atoms with Crippen LogP contribution in [0.1, 0.15) is 15.9 Å². The van der Waals surface area contributed by atoms with Crippen LogP contribution in [0.2, 0.25) is 0 Å². The normalized spacial score (nSPS) is 10.9. The number of hydrogen-bond donors (Lipinski definition) is 0. The number of carbonyl (C=O) groups is 1. The van der Waals surface area contributed by atoms with E-state index in [0.29, 0.717) is 5.56 Å². The van der Waals surface area contributed by atoms with Crippen molar-refractivity contribution in [3.8, 4) is 11.3 Å². The van der Waals surface area contributed by atoms with Gasteiger partial charge in [0.05, 0.1) is 10.4 Å². The number of nitrogens with zero attached hydrogens (tertiary/aromatic N) is 2. The summed E-state index contributed by atoms with van der Waals surface area (Å²) < 4.78 is 1.84. The molecule has 0 fully saturated rings. The van der Waals surface area contributed by atoms with Gasteiger partial charge in [0.1, 0.15) is 5.69 Å². The molecule has 0 unspecified atom stereocenters. The molecule has 122 valence electrons. The minimum absolute atomic E-state index is 0.0224. The minimum Gasteiger partial charge on any atom is -0.281 e. The van der Waals surface area contributed by atoms with E-state index in [9.17, 15) is 4.79 Å². The second-order valence-electron chi connectivity index (χ2n) is 5.83.